The van der Waals surface area contributed by atoms with Crippen LogP contribution in [-0.4, -0.2) is 71.8 Å². The number of aliphatic hydroxyl groups is 1. The van der Waals surface area contributed by atoms with E-state index in [9.17, 15) is 28.3 Å². The summed E-state index contributed by atoms with van der Waals surface area (Å²) in [5.41, 5.74) is 1.29. The van der Waals surface area contributed by atoms with Crippen LogP contribution >= 0.6 is 0 Å². The van der Waals surface area contributed by atoms with Crippen molar-refractivity contribution >= 4 is 35.0 Å². The lowest BCUT2D eigenvalue weighted by Crippen LogP contribution is -2.50. The number of ether oxygens (including phenoxy) is 1. The number of nitrogens with one attached hydrogen (secondary N) is 3. The Balaban J connectivity index is 1.54. The molecule has 12 heteroatoms. The molecule has 1 aliphatic heterocycles. The third-order valence-corrected chi connectivity index (χ3v) is 6.92. The second kappa shape index (κ2) is 13.3. The van der Waals surface area contributed by atoms with Gasteiger partial charge in [0.25, 0.3) is 5.91 Å². The van der Waals surface area contributed by atoms with Crippen LogP contribution in [-0.2, 0) is 0 Å². The molecule has 0 saturated heterocycles. The normalized spacial score (nSPS) is 17.2. The molecule has 0 radical (unpaired) electrons. The van der Waals surface area contributed by atoms with Crippen molar-refractivity contribution in [3.05, 3.63) is 83.9 Å². The molecule has 4 rings (SSSR count). The van der Waals surface area contributed by atoms with E-state index in [0.717, 1.165) is 0 Å². The Bertz CT molecular complexity index is 1420. The number of carbonyl (C=O) groups is 3. The van der Waals surface area contributed by atoms with Gasteiger partial charge in [0.15, 0.2) is 0 Å². The summed E-state index contributed by atoms with van der Waals surface area (Å²) in [6.07, 6.45) is -0.546. The van der Waals surface area contributed by atoms with Gasteiger partial charge in [0.2, 0.25) is 0 Å². The molecule has 0 saturated carbocycles. The molecule has 1 aliphatic rings. The number of benzene rings is 3. The maximum Gasteiger partial charge on any atom is 0.323 e. The summed E-state index contributed by atoms with van der Waals surface area (Å²) in [4.78, 5) is 42.0. The molecule has 4 N–H and O–H groups in total. The number of amides is 5. The van der Waals surface area contributed by atoms with E-state index < -0.39 is 35.8 Å². The van der Waals surface area contributed by atoms with Crippen LogP contribution in [0.5, 0.6) is 5.75 Å². The number of hydrogen-bond acceptors (Lipinski definition) is 5. The van der Waals surface area contributed by atoms with E-state index in [0.29, 0.717) is 17.1 Å². The van der Waals surface area contributed by atoms with Gasteiger partial charge in [0, 0.05) is 36.6 Å². The van der Waals surface area contributed by atoms with Crippen molar-refractivity contribution in [3.63, 3.8) is 0 Å². The van der Waals surface area contributed by atoms with E-state index in [1.165, 1.54) is 59.5 Å². The molecule has 3 atom stereocenters. The first-order valence-corrected chi connectivity index (χ1v) is 13.4. The largest absolute Gasteiger partial charge is 0.487 e. The van der Waals surface area contributed by atoms with Crippen LogP contribution in [0.3, 0.4) is 0 Å². The maximum absolute atomic E-state index is 13.6. The molecule has 222 valence electrons. The molecule has 3 aromatic carbocycles. The lowest BCUT2D eigenvalue weighted by atomic mass is 9.99. The number of likely N-dealkylation sites (N-methyl/N-ethyl adjacent to an activating group) is 1. The highest BCUT2D eigenvalue weighted by molar-refractivity contribution is 6.02. The Morgan fingerprint density at radius 1 is 0.976 bits per heavy atom. The minimum atomic E-state index is -0.596. The van der Waals surface area contributed by atoms with Crippen molar-refractivity contribution in [2.45, 2.75) is 26.0 Å². The SMILES string of the molecule is C[C@@H]1CN([C@@H](C)CO)C(=O)c2cc(NC(=O)Nc3ccc(F)cc3)ccc2O[C@H]1CN(C)C(=O)Nc1ccc(F)cc1. The van der Waals surface area contributed by atoms with Crippen molar-refractivity contribution in [2.24, 2.45) is 5.92 Å². The van der Waals surface area contributed by atoms with E-state index in [4.69, 9.17) is 4.74 Å². The molecule has 42 heavy (non-hydrogen) atoms. The van der Waals surface area contributed by atoms with E-state index >= 15 is 0 Å². The topological polar surface area (TPSA) is 123 Å². The minimum Gasteiger partial charge on any atom is -0.487 e. The summed E-state index contributed by atoms with van der Waals surface area (Å²) < 4.78 is 32.7. The molecule has 0 spiro atoms. The Morgan fingerprint density at radius 3 is 2.12 bits per heavy atom. The number of halogens is 2. The molecule has 10 nitrogen and oxygen atoms in total. The first kappa shape index (κ1) is 30.3. The van der Waals surface area contributed by atoms with Crippen LogP contribution in [0, 0.1) is 17.6 Å². The van der Waals surface area contributed by atoms with Crippen molar-refractivity contribution in [1.29, 1.82) is 0 Å². The first-order valence-electron chi connectivity index (χ1n) is 13.4. The van der Waals surface area contributed by atoms with Gasteiger partial charge < -0.3 is 35.6 Å². The summed E-state index contributed by atoms with van der Waals surface area (Å²) in [6.45, 7) is 3.74. The zero-order chi connectivity index (χ0) is 30.4. The van der Waals surface area contributed by atoms with Crippen molar-refractivity contribution in [1.82, 2.24) is 9.80 Å². The predicted molar refractivity (Wildman–Crippen MR) is 155 cm³/mol. The van der Waals surface area contributed by atoms with Gasteiger partial charge in [-0.25, -0.2) is 18.4 Å². The number of hydrogen-bond donors (Lipinski definition) is 4. The molecule has 0 bridgehead atoms. The minimum absolute atomic E-state index is 0.156. The Labute approximate surface area is 242 Å². The van der Waals surface area contributed by atoms with Gasteiger partial charge in [0.05, 0.1) is 24.8 Å². The van der Waals surface area contributed by atoms with E-state index in [2.05, 4.69) is 16.0 Å². The molecule has 0 fully saturated rings. The number of nitrogens with zero attached hydrogens (tertiary/aromatic N) is 2. The number of anilines is 3. The summed E-state index contributed by atoms with van der Waals surface area (Å²) in [6, 6.07) is 13.8. The molecule has 3 aromatic rings. The highest BCUT2D eigenvalue weighted by Gasteiger charge is 2.34. The number of fused-ring (bicyclic) bond motifs is 1. The molecular formula is C30H33F2N5O5. The summed E-state index contributed by atoms with van der Waals surface area (Å²) >= 11 is 0. The molecule has 0 unspecified atom stereocenters. The Morgan fingerprint density at radius 2 is 1.52 bits per heavy atom. The summed E-state index contributed by atoms with van der Waals surface area (Å²) in [5.74, 6) is -1.23. The van der Waals surface area contributed by atoms with Crippen LogP contribution < -0.4 is 20.7 Å². The highest BCUT2D eigenvalue weighted by Crippen LogP contribution is 2.31. The van der Waals surface area contributed by atoms with Gasteiger partial charge in [-0.15, -0.1) is 0 Å². The summed E-state index contributed by atoms with van der Waals surface area (Å²) in [5, 5.41) is 17.8. The van der Waals surface area contributed by atoms with E-state index in [1.54, 1.807) is 31.0 Å². The van der Waals surface area contributed by atoms with Crippen LogP contribution in [0.4, 0.5) is 35.4 Å². The first-order chi connectivity index (χ1) is 20.0. The van der Waals surface area contributed by atoms with Crippen LogP contribution in [0.15, 0.2) is 66.7 Å². The molecular weight excluding hydrogens is 548 g/mol. The van der Waals surface area contributed by atoms with Crippen LogP contribution in [0.25, 0.3) is 0 Å². The molecule has 1 heterocycles. The molecule has 0 aromatic heterocycles. The standard InChI is InChI=1S/C30H33F2N5O5/c1-18-15-37(19(2)17-38)28(39)25-14-24(34-29(40)33-22-8-4-20(31)5-9-22)12-13-26(25)42-27(18)16-36(3)30(41)35-23-10-6-21(32)7-11-23/h4-14,18-19,27,38H,15-17H2,1-3H3,(H,35,41)(H2,33,34,40)/t18-,19+,27+/m1/s1. The smallest absolute Gasteiger partial charge is 0.323 e. The van der Waals surface area contributed by atoms with E-state index in [-0.39, 0.29) is 42.8 Å². The van der Waals surface area contributed by atoms with Gasteiger partial charge in [0.1, 0.15) is 23.5 Å². The van der Waals surface area contributed by atoms with Crippen molar-refractivity contribution < 1.29 is 33.0 Å². The number of rotatable bonds is 7. The number of aliphatic hydroxyl groups excluding tert-OH is 1. The zero-order valence-electron chi connectivity index (χ0n) is 23.4. The quantitative estimate of drug-likeness (QED) is 0.313. The molecule has 0 aliphatic carbocycles. The number of carbonyl (C=O) groups excluding carboxylic acids is 3. The van der Waals surface area contributed by atoms with E-state index in [1.807, 2.05) is 6.92 Å². The summed E-state index contributed by atoms with van der Waals surface area (Å²) in [7, 11) is 1.60. The fourth-order valence-corrected chi connectivity index (χ4v) is 4.45. The maximum atomic E-state index is 13.6. The van der Waals surface area contributed by atoms with Crippen LogP contribution in [0.1, 0.15) is 24.2 Å². The lowest BCUT2D eigenvalue weighted by Gasteiger charge is -2.38. The van der Waals surface area contributed by atoms with Gasteiger partial charge in [-0.1, -0.05) is 6.92 Å². The Kier molecular flexibility index (Phi) is 9.58. The molecule has 5 amide bonds. The third kappa shape index (κ3) is 7.52. The monoisotopic (exact) mass is 581 g/mol. The average Bonchev–Trinajstić information content (AvgIpc) is 2.97. The van der Waals surface area contributed by atoms with Gasteiger partial charge in [-0.05, 0) is 73.7 Å². The fraction of sp³-hybridized carbons (Fsp3) is 0.300. The Hall–Kier alpha value is -4.71. The third-order valence-electron chi connectivity index (χ3n) is 6.92. The van der Waals surface area contributed by atoms with Crippen molar-refractivity contribution in [3.8, 4) is 5.75 Å². The van der Waals surface area contributed by atoms with Gasteiger partial charge >= 0.3 is 12.1 Å². The fourth-order valence-electron chi connectivity index (χ4n) is 4.45. The lowest BCUT2D eigenvalue weighted by molar-refractivity contribution is 0.0371. The highest BCUT2D eigenvalue weighted by atomic mass is 19.1. The van der Waals surface area contributed by atoms with Crippen LogP contribution in [0.2, 0.25) is 0 Å². The van der Waals surface area contributed by atoms with Gasteiger partial charge in [-0.3, -0.25) is 4.79 Å². The second-order valence-corrected chi connectivity index (χ2v) is 10.2. The second-order valence-electron chi connectivity index (χ2n) is 10.2. The van der Waals surface area contributed by atoms with Crippen molar-refractivity contribution in [2.75, 3.05) is 42.7 Å². The average molecular weight is 582 g/mol. The van der Waals surface area contributed by atoms with Gasteiger partial charge in [-0.2, -0.15) is 0 Å². The number of urea groups is 2. The zero-order valence-corrected chi connectivity index (χ0v) is 23.4. The predicted octanol–water partition coefficient (Wildman–Crippen LogP) is 4.99.